The highest BCUT2D eigenvalue weighted by atomic mass is 35.5. The lowest BCUT2D eigenvalue weighted by Crippen LogP contribution is -2.48. The van der Waals surface area contributed by atoms with Crippen molar-refractivity contribution in [1.82, 2.24) is 9.21 Å². The average Bonchev–Trinajstić information content (AvgIpc) is 3.00. The third kappa shape index (κ3) is 7.65. The third-order valence-corrected chi connectivity index (χ3v) is 10.7. The number of anilines is 1. The molecule has 3 atom stereocenters. The fourth-order valence-corrected chi connectivity index (χ4v) is 7.04. The highest BCUT2D eigenvalue weighted by Crippen LogP contribution is 2.31. The van der Waals surface area contributed by atoms with Crippen LogP contribution < -0.4 is 9.46 Å². The van der Waals surface area contributed by atoms with Crippen molar-refractivity contribution >= 4 is 43.2 Å². The average molecular weight is 654 g/mol. The van der Waals surface area contributed by atoms with Crippen molar-refractivity contribution < 1.29 is 35.9 Å². The number of rotatable bonds is 9. The Morgan fingerprint density at radius 2 is 1.70 bits per heavy atom. The number of fused-ring (bicyclic) bond motifs is 1. The highest BCUT2D eigenvalue weighted by Gasteiger charge is 2.33. The first-order valence-electron chi connectivity index (χ1n) is 13.4. The van der Waals surface area contributed by atoms with Gasteiger partial charge in [-0.15, -0.1) is 0 Å². The summed E-state index contributed by atoms with van der Waals surface area (Å²) in [6, 6.07) is 14.1. The Labute approximate surface area is 256 Å². The normalized spacial score (nSPS) is 18.7. The monoisotopic (exact) mass is 653 g/mol. The molecule has 1 aliphatic rings. The summed E-state index contributed by atoms with van der Waals surface area (Å²) in [5.41, 5.74) is 0.509. The molecule has 0 aromatic heterocycles. The minimum absolute atomic E-state index is 0.0549. The molecular formula is C29H33ClFN3O7S2. The second-order valence-corrected chi connectivity index (χ2v) is 14.7. The van der Waals surface area contributed by atoms with E-state index < -0.39 is 38.0 Å². The fourth-order valence-electron chi connectivity index (χ4n) is 4.68. The molecule has 1 heterocycles. The third-order valence-electron chi connectivity index (χ3n) is 7.25. The van der Waals surface area contributed by atoms with Crippen molar-refractivity contribution in [1.29, 1.82) is 0 Å². The first-order valence-corrected chi connectivity index (χ1v) is 16.7. The van der Waals surface area contributed by atoms with Crippen molar-refractivity contribution in [3.05, 3.63) is 83.1 Å². The number of aliphatic hydroxyl groups is 1. The Morgan fingerprint density at radius 1 is 1.07 bits per heavy atom. The summed E-state index contributed by atoms with van der Waals surface area (Å²) in [6.45, 7) is 3.34. The minimum atomic E-state index is -4.07. The second-order valence-electron chi connectivity index (χ2n) is 10.5. The molecule has 2 N–H and O–H groups in total. The molecule has 0 spiro atoms. The lowest BCUT2D eigenvalue weighted by molar-refractivity contribution is -0.134. The summed E-state index contributed by atoms with van der Waals surface area (Å²) in [4.78, 5) is 14.9. The van der Waals surface area contributed by atoms with Crippen LogP contribution in [0.15, 0.2) is 76.5 Å². The van der Waals surface area contributed by atoms with Gasteiger partial charge in [0.05, 0.1) is 35.4 Å². The smallest absolute Gasteiger partial charge is 0.261 e. The van der Waals surface area contributed by atoms with E-state index in [9.17, 15) is 31.1 Å². The van der Waals surface area contributed by atoms with E-state index in [-0.39, 0.29) is 59.2 Å². The van der Waals surface area contributed by atoms with Gasteiger partial charge in [0, 0.05) is 35.8 Å². The van der Waals surface area contributed by atoms with E-state index in [0.717, 1.165) is 24.3 Å². The maximum Gasteiger partial charge on any atom is 0.261 e. The predicted octanol–water partition coefficient (Wildman–Crippen LogP) is 3.75. The number of hydrogen-bond acceptors (Lipinski definition) is 7. The van der Waals surface area contributed by atoms with Gasteiger partial charge in [0.15, 0.2) is 0 Å². The van der Waals surface area contributed by atoms with Gasteiger partial charge >= 0.3 is 0 Å². The van der Waals surface area contributed by atoms with E-state index in [2.05, 4.69) is 4.72 Å². The molecule has 1 amide bonds. The maximum atomic E-state index is 13.4. The summed E-state index contributed by atoms with van der Waals surface area (Å²) in [5.74, 6) is -0.988. The quantitative estimate of drug-likeness (QED) is 0.359. The van der Waals surface area contributed by atoms with Crippen molar-refractivity contribution in [2.45, 2.75) is 42.2 Å². The first-order chi connectivity index (χ1) is 20.2. The maximum absolute atomic E-state index is 13.4. The second kappa shape index (κ2) is 13.2. The van der Waals surface area contributed by atoms with Crippen LogP contribution in [-0.4, -0.2) is 75.9 Å². The van der Waals surface area contributed by atoms with Crippen molar-refractivity contribution in [2.75, 3.05) is 31.5 Å². The van der Waals surface area contributed by atoms with E-state index in [1.54, 1.807) is 6.92 Å². The molecule has 0 unspecified atom stereocenters. The minimum Gasteiger partial charge on any atom is -0.488 e. The van der Waals surface area contributed by atoms with E-state index in [1.165, 1.54) is 58.7 Å². The van der Waals surface area contributed by atoms with Crippen molar-refractivity contribution in [3.63, 3.8) is 0 Å². The van der Waals surface area contributed by atoms with E-state index >= 15 is 0 Å². The zero-order chi connectivity index (χ0) is 31.5. The topological polar surface area (TPSA) is 133 Å². The fraction of sp³-hybridized carbons (Fsp3) is 0.345. The van der Waals surface area contributed by atoms with Crippen LogP contribution in [0.4, 0.5) is 10.1 Å². The van der Waals surface area contributed by atoms with Gasteiger partial charge in [0.2, 0.25) is 15.9 Å². The first kappa shape index (κ1) is 32.7. The van der Waals surface area contributed by atoms with E-state index in [4.69, 9.17) is 16.3 Å². The van der Waals surface area contributed by atoms with Crippen molar-refractivity contribution in [3.8, 4) is 5.75 Å². The Balaban J connectivity index is 1.68. The molecule has 14 heteroatoms. The van der Waals surface area contributed by atoms with E-state index in [1.807, 2.05) is 6.92 Å². The number of ether oxygens (including phenoxy) is 1. The predicted molar refractivity (Wildman–Crippen MR) is 160 cm³/mol. The molecule has 10 nitrogen and oxygen atoms in total. The van der Waals surface area contributed by atoms with Crippen LogP contribution in [0.3, 0.4) is 0 Å². The number of hydrogen-bond donors (Lipinski definition) is 2. The van der Waals surface area contributed by atoms with Crippen LogP contribution in [0, 0.1) is 11.7 Å². The number of sulfonamides is 2. The van der Waals surface area contributed by atoms with Crippen LogP contribution in [0.2, 0.25) is 5.02 Å². The number of halogens is 2. The summed E-state index contributed by atoms with van der Waals surface area (Å²) in [6.07, 6.45) is -0.892. The zero-order valence-electron chi connectivity index (χ0n) is 23.8. The molecule has 3 aromatic rings. The summed E-state index contributed by atoms with van der Waals surface area (Å²) >= 11 is 5.93. The number of amides is 1. The molecule has 0 saturated carbocycles. The number of benzene rings is 3. The van der Waals surface area contributed by atoms with Gasteiger partial charge in [0.1, 0.15) is 17.7 Å². The lowest BCUT2D eigenvalue weighted by atomic mass is 10.0. The largest absolute Gasteiger partial charge is 0.488 e. The summed E-state index contributed by atoms with van der Waals surface area (Å²) in [5, 5.41) is 10.3. The van der Waals surface area contributed by atoms with Crippen LogP contribution in [-0.2, 0) is 31.3 Å². The molecule has 1 aliphatic heterocycles. The molecule has 0 saturated heterocycles. The van der Waals surface area contributed by atoms with Gasteiger partial charge in [-0.2, -0.15) is 4.31 Å². The standard InChI is InChI=1S/C29H33ClFN3O7S2/c1-19-16-34(20(2)18-35)29(36)15-21-14-24(32-42(37,38)25-11-6-23(31)7-12-25)8-13-27(21)41-28(19)17-33(3)43(39,40)26-9-4-22(30)5-10-26/h4-14,19-20,28,32,35H,15-18H2,1-3H3/t19-,20-,28-/m0/s1. The van der Waals surface area contributed by atoms with Gasteiger partial charge < -0.3 is 14.7 Å². The molecule has 4 rings (SSSR count). The van der Waals surface area contributed by atoms with Crippen molar-refractivity contribution in [2.24, 2.45) is 5.92 Å². The summed E-state index contributed by atoms with van der Waals surface area (Å²) in [7, 11) is -6.55. The molecular weight excluding hydrogens is 621 g/mol. The molecule has 3 aromatic carbocycles. The van der Waals surface area contributed by atoms with Gasteiger partial charge in [-0.1, -0.05) is 18.5 Å². The molecule has 0 fully saturated rings. The number of nitrogens with zero attached hydrogens (tertiary/aromatic N) is 2. The number of aliphatic hydroxyl groups excluding tert-OH is 1. The molecule has 0 radical (unpaired) electrons. The summed E-state index contributed by atoms with van der Waals surface area (Å²) < 4.78 is 75.8. The Morgan fingerprint density at radius 3 is 2.33 bits per heavy atom. The van der Waals surface area contributed by atoms with Crippen LogP contribution >= 0.6 is 11.6 Å². The molecule has 0 aliphatic carbocycles. The molecule has 43 heavy (non-hydrogen) atoms. The highest BCUT2D eigenvalue weighted by molar-refractivity contribution is 7.92. The number of carbonyl (C=O) groups is 1. The van der Waals surface area contributed by atoms with Crippen LogP contribution in [0.1, 0.15) is 19.4 Å². The number of carbonyl (C=O) groups excluding carboxylic acids is 1. The van der Waals surface area contributed by atoms with Crippen LogP contribution in [0.25, 0.3) is 0 Å². The molecule has 0 bridgehead atoms. The lowest BCUT2D eigenvalue weighted by Gasteiger charge is -2.33. The molecule has 232 valence electrons. The van der Waals surface area contributed by atoms with E-state index in [0.29, 0.717) is 10.6 Å². The van der Waals surface area contributed by atoms with Gasteiger partial charge in [-0.3, -0.25) is 9.52 Å². The van der Waals surface area contributed by atoms with Crippen LogP contribution in [0.5, 0.6) is 5.75 Å². The SMILES string of the molecule is C[C@H]1CN([C@@H](C)CO)C(=O)Cc2cc(NS(=O)(=O)c3ccc(F)cc3)ccc2O[C@H]1CN(C)S(=O)(=O)c1ccc(Cl)cc1. The van der Waals surface area contributed by atoms with Gasteiger partial charge in [-0.05, 0) is 73.7 Å². The number of nitrogens with one attached hydrogen (secondary N) is 1. The van der Waals surface area contributed by atoms with Gasteiger partial charge in [-0.25, -0.2) is 21.2 Å². The number of likely N-dealkylation sites (N-methyl/N-ethyl adjacent to an activating group) is 1. The Bertz CT molecular complexity index is 1670. The Hall–Kier alpha value is -3.23. The van der Waals surface area contributed by atoms with Gasteiger partial charge in [0.25, 0.3) is 10.0 Å². The Kier molecular flexibility index (Phi) is 10.0. The zero-order valence-corrected chi connectivity index (χ0v) is 26.2.